The van der Waals surface area contributed by atoms with Crippen molar-refractivity contribution in [1.29, 1.82) is 0 Å². The van der Waals surface area contributed by atoms with E-state index in [9.17, 15) is 13.2 Å². The fourth-order valence-electron chi connectivity index (χ4n) is 2.34. The second kappa shape index (κ2) is 5.62. The van der Waals surface area contributed by atoms with E-state index in [1.807, 2.05) is 6.92 Å². The molecule has 3 rings (SSSR count). The number of Topliss-reactive ketones (excluding diaryl/α,β-unsaturated/α-hetero) is 1. The molecule has 0 unspecified atom stereocenters. The van der Waals surface area contributed by atoms with Crippen molar-refractivity contribution in [1.82, 2.24) is 13.9 Å². The van der Waals surface area contributed by atoms with Gasteiger partial charge in [0, 0.05) is 11.6 Å². The van der Waals surface area contributed by atoms with E-state index in [2.05, 4.69) is 9.97 Å². The Hall–Kier alpha value is -2.48. The quantitative estimate of drug-likeness (QED) is 0.531. The van der Waals surface area contributed by atoms with Crippen molar-refractivity contribution in [2.45, 2.75) is 18.1 Å². The molecule has 0 aliphatic rings. The molecule has 0 saturated carbocycles. The number of fused-ring (bicyclic) bond motifs is 1. The van der Waals surface area contributed by atoms with Crippen LogP contribution in [0.5, 0.6) is 0 Å². The van der Waals surface area contributed by atoms with Crippen molar-refractivity contribution in [2.24, 2.45) is 0 Å². The molecule has 6 nitrogen and oxygen atoms in total. The van der Waals surface area contributed by atoms with Crippen LogP contribution in [0, 0.1) is 6.92 Å². The summed E-state index contributed by atoms with van der Waals surface area (Å²) in [7, 11) is -2.04. The second-order valence-electron chi connectivity index (χ2n) is 5.17. The van der Waals surface area contributed by atoms with Crippen LogP contribution in [0.25, 0.3) is 11.0 Å². The molecule has 116 valence electrons. The molecule has 0 bridgehead atoms. The summed E-state index contributed by atoms with van der Waals surface area (Å²) in [6, 6.07) is 8.13. The number of carbonyl (C=O) groups is 1. The van der Waals surface area contributed by atoms with Crippen molar-refractivity contribution >= 4 is 34.7 Å². The highest BCUT2D eigenvalue weighted by atomic mass is 32.2. The Balaban J connectivity index is 2.21. The van der Waals surface area contributed by atoms with E-state index in [-0.39, 0.29) is 22.0 Å². The molecule has 2 heterocycles. The van der Waals surface area contributed by atoms with Gasteiger partial charge in [-0.25, -0.2) is 22.4 Å². The van der Waals surface area contributed by atoms with Crippen molar-refractivity contribution in [3.8, 4) is 0 Å². The van der Waals surface area contributed by atoms with E-state index in [0.717, 1.165) is 9.54 Å². The molecular weight excluding hydrogens is 313 g/mol. The number of hydrogen-bond acceptors (Lipinski definition) is 5. The SMILES string of the molecule is BCC(=O)c1ncnc2c1ccn2S(=O)(=O)c1ccc(C)cc1. The number of nitrogens with zero attached hydrogens (tertiary/aromatic N) is 3. The lowest BCUT2D eigenvalue weighted by molar-refractivity contribution is 0.101. The molecule has 0 amide bonds. The maximum atomic E-state index is 12.8. The summed E-state index contributed by atoms with van der Waals surface area (Å²) in [5, 5.41) is 0.440. The molecule has 23 heavy (non-hydrogen) atoms. The van der Waals surface area contributed by atoms with Gasteiger partial charge in [-0.05, 0) is 31.4 Å². The highest BCUT2D eigenvalue weighted by molar-refractivity contribution is 7.90. The van der Waals surface area contributed by atoms with E-state index in [0.29, 0.717) is 11.7 Å². The zero-order chi connectivity index (χ0) is 16.6. The maximum Gasteiger partial charge on any atom is 0.269 e. The number of aryl methyl sites for hydroxylation is 1. The highest BCUT2D eigenvalue weighted by Gasteiger charge is 2.22. The molecule has 0 N–H and O–H groups in total. The van der Waals surface area contributed by atoms with Crippen molar-refractivity contribution < 1.29 is 13.2 Å². The van der Waals surface area contributed by atoms with Gasteiger partial charge in [-0.2, -0.15) is 0 Å². The van der Waals surface area contributed by atoms with E-state index in [1.54, 1.807) is 38.2 Å². The first-order chi connectivity index (χ1) is 10.9. The minimum absolute atomic E-state index is 0.150. The number of ketones is 1. The molecule has 3 aromatic rings. The van der Waals surface area contributed by atoms with Crippen LogP contribution >= 0.6 is 0 Å². The van der Waals surface area contributed by atoms with E-state index >= 15 is 0 Å². The van der Waals surface area contributed by atoms with Crippen LogP contribution in [0.3, 0.4) is 0 Å². The molecule has 0 aliphatic heterocycles. The topological polar surface area (TPSA) is 81.9 Å². The van der Waals surface area contributed by atoms with Gasteiger partial charge in [0.2, 0.25) is 0 Å². The molecule has 0 saturated heterocycles. The Morgan fingerprint density at radius 1 is 1.17 bits per heavy atom. The average molecular weight is 327 g/mol. The minimum atomic E-state index is -3.77. The molecule has 2 aromatic heterocycles. The minimum Gasteiger partial charge on any atom is -0.293 e. The summed E-state index contributed by atoms with van der Waals surface area (Å²) in [5.41, 5.74) is 1.42. The normalized spacial score (nSPS) is 11.7. The van der Waals surface area contributed by atoms with Gasteiger partial charge in [-0.15, -0.1) is 0 Å². The first-order valence-electron chi connectivity index (χ1n) is 7.12. The Morgan fingerprint density at radius 3 is 2.52 bits per heavy atom. The van der Waals surface area contributed by atoms with Gasteiger partial charge in [0.05, 0.1) is 4.90 Å². The fourth-order valence-corrected chi connectivity index (χ4v) is 3.64. The first-order valence-corrected chi connectivity index (χ1v) is 8.56. The lowest BCUT2D eigenvalue weighted by Gasteiger charge is -2.07. The van der Waals surface area contributed by atoms with E-state index < -0.39 is 10.0 Å². The highest BCUT2D eigenvalue weighted by Crippen LogP contribution is 2.23. The summed E-state index contributed by atoms with van der Waals surface area (Å²) in [6.45, 7) is 1.89. The summed E-state index contributed by atoms with van der Waals surface area (Å²) in [4.78, 5) is 20.2. The van der Waals surface area contributed by atoms with Gasteiger partial charge >= 0.3 is 0 Å². The molecule has 0 aliphatic carbocycles. The van der Waals surface area contributed by atoms with Gasteiger partial charge in [-0.1, -0.05) is 17.7 Å². The van der Waals surface area contributed by atoms with Crippen LogP contribution in [0.1, 0.15) is 16.1 Å². The molecular formula is C15H14BN3O3S. The largest absolute Gasteiger partial charge is 0.293 e. The monoisotopic (exact) mass is 327 g/mol. The molecule has 0 radical (unpaired) electrons. The number of aromatic nitrogens is 3. The van der Waals surface area contributed by atoms with Crippen LogP contribution in [-0.2, 0) is 10.0 Å². The number of rotatable bonds is 4. The molecule has 0 atom stereocenters. The summed E-state index contributed by atoms with van der Waals surface area (Å²) in [6.07, 6.45) is 2.91. The van der Waals surface area contributed by atoms with E-state index in [4.69, 9.17) is 0 Å². The first kappa shape index (κ1) is 15.4. The van der Waals surface area contributed by atoms with Gasteiger partial charge in [0.15, 0.2) is 11.4 Å². The standard InChI is InChI=1S/C15H14BN3O3S/c1-10-2-4-11(5-3-10)23(21,22)19-7-6-12-14(13(20)8-16)17-9-18-15(12)19/h2-7,9H,8,16H2,1H3. The third kappa shape index (κ3) is 2.55. The average Bonchev–Trinajstić information content (AvgIpc) is 2.99. The summed E-state index contributed by atoms with van der Waals surface area (Å²) in [5.74, 6) is -0.150. The molecule has 8 heteroatoms. The van der Waals surface area contributed by atoms with Gasteiger partial charge in [0.25, 0.3) is 10.0 Å². The number of hydrogen-bond donors (Lipinski definition) is 0. The number of benzene rings is 1. The van der Waals surface area contributed by atoms with Crippen LogP contribution < -0.4 is 0 Å². The van der Waals surface area contributed by atoms with Crippen LogP contribution in [0.2, 0.25) is 6.32 Å². The Bertz CT molecular complexity index is 994. The zero-order valence-electron chi connectivity index (χ0n) is 12.7. The third-order valence-corrected chi connectivity index (χ3v) is 5.29. The van der Waals surface area contributed by atoms with Crippen molar-refractivity contribution in [2.75, 3.05) is 0 Å². The lowest BCUT2D eigenvalue weighted by Crippen LogP contribution is -2.13. The second-order valence-corrected chi connectivity index (χ2v) is 6.98. The molecule has 0 spiro atoms. The van der Waals surface area contributed by atoms with Gasteiger partial charge in [0.1, 0.15) is 19.9 Å². The summed E-state index contributed by atoms with van der Waals surface area (Å²) >= 11 is 0. The lowest BCUT2D eigenvalue weighted by atomic mass is 9.98. The Labute approximate surface area is 134 Å². The Morgan fingerprint density at radius 2 is 1.87 bits per heavy atom. The van der Waals surface area contributed by atoms with Gasteiger partial charge in [-0.3, -0.25) is 4.79 Å². The third-order valence-electron chi connectivity index (χ3n) is 3.61. The fraction of sp³-hybridized carbons (Fsp3) is 0.133. The number of carbonyl (C=O) groups excluding carboxylic acids is 1. The predicted octanol–water partition coefficient (Wildman–Crippen LogP) is 1.21. The van der Waals surface area contributed by atoms with Crippen LogP contribution in [-0.4, -0.2) is 36.0 Å². The smallest absolute Gasteiger partial charge is 0.269 e. The van der Waals surface area contributed by atoms with Crippen molar-refractivity contribution in [3.63, 3.8) is 0 Å². The zero-order valence-corrected chi connectivity index (χ0v) is 13.5. The molecule has 1 aromatic carbocycles. The van der Waals surface area contributed by atoms with Gasteiger partial charge < -0.3 is 0 Å². The Kier molecular flexibility index (Phi) is 3.77. The van der Waals surface area contributed by atoms with E-state index in [1.165, 1.54) is 12.5 Å². The predicted molar refractivity (Wildman–Crippen MR) is 89.0 cm³/mol. The van der Waals surface area contributed by atoms with Crippen LogP contribution in [0.4, 0.5) is 0 Å². The van der Waals surface area contributed by atoms with Crippen LogP contribution in [0.15, 0.2) is 47.8 Å². The summed E-state index contributed by atoms with van der Waals surface area (Å²) < 4.78 is 26.7. The van der Waals surface area contributed by atoms with Crippen molar-refractivity contribution in [3.05, 3.63) is 54.1 Å². The molecule has 0 fully saturated rings. The maximum absolute atomic E-state index is 12.8.